The molecule has 3 aromatic carbocycles. The Kier molecular flexibility index (Phi) is 10.0. The molecular weight excluding hydrogens is 632 g/mol. The molecular formula is C36H36N4O7S. The fraction of sp³-hybridized carbons (Fsp3) is 0.278. The zero-order chi connectivity index (χ0) is 33.6. The third-order valence-corrected chi connectivity index (χ3v) is 8.97. The summed E-state index contributed by atoms with van der Waals surface area (Å²) in [7, 11) is 1.57. The second kappa shape index (κ2) is 14.7. The first-order valence-electron chi connectivity index (χ1n) is 15.6. The van der Waals surface area contributed by atoms with Crippen LogP contribution in [0.5, 0.6) is 17.2 Å². The molecule has 11 nitrogen and oxygen atoms in total. The number of nitrogens with zero attached hydrogens (tertiary/aromatic N) is 3. The van der Waals surface area contributed by atoms with Crippen LogP contribution in [0.15, 0.2) is 93.9 Å². The minimum atomic E-state index is -0.749. The number of morpholine rings is 1. The number of allylic oxidation sites excluding steroid dienone is 1. The van der Waals surface area contributed by atoms with Crippen LogP contribution in [0.1, 0.15) is 31.0 Å². The van der Waals surface area contributed by atoms with E-state index in [2.05, 4.69) is 5.32 Å². The van der Waals surface area contributed by atoms with Gasteiger partial charge in [-0.05, 0) is 67.4 Å². The Bertz CT molecular complexity index is 2030. The fourth-order valence-corrected chi connectivity index (χ4v) is 6.70. The number of nitrogens with one attached hydrogen (secondary N) is 1. The number of ether oxygens (including phenoxy) is 4. The highest BCUT2D eigenvalue weighted by Crippen LogP contribution is 2.33. The van der Waals surface area contributed by atoms with E-state index in [1.807, 2.05) is 49.4 Å². The Morgan fingerprint density at radius 2 is 1.81 bits per heavy atom. The van der Waals surface area contributed by atoms with E-state index in [0.717, 1.165) is 0 Å². The first-order valence-corrected chi connectivity index (χ1v) is 16.5. The number of methoxy groups -OCH3 is 1. The first kappa shape index (κ1) is 32.7. The number of amides is 2. The van der Waals surface area contributed by atoms with Crippen LogP contribution in [-0.2, 0) is 14.3 Å². The predicted molar refractivity (Wildman–Crippen MR) is 182 cm³/mol. The molecule has 0 bridgehead atoms. The third-order valence-electron chi connectivity index (χ3n) is 7.99. The van der Waals surface area contributed by atoms with Crippen molar-refractivity contribution in [3.05, 3.63) is 115 Å². The predicted octanol–water partition coefficient (Wildman–Crippen LogP) is 3.52. The molecule has 2 amide bonds. The number of carbonyl (C=O) groups excluding carboxylic acids is 2. The van der Waals surface area contributed by atoms with E-state index in [0.29, 0.717) is 87.6 Å². The number of hydrogen-bond acceptors (Lipinski definition) is 9. The zero-order valence-corrected chi connectivity index (χ0v) is 27.7. The number of thiazole rings is 1. The molecule has 0 spiro atoms. The van der Waals surface area contributed by atoms with Crippen LogP contribution in [0.4, 0.5) is 5.69 Å². The highest BCUT2D eigenvalue weighted by molar-refractivity contribution is 7.07. The lowest BCUT2D eigenvalue weighted by Crippen LogP contribution is -2.43. The van der Waals surface area contributed by atoms with E-state index in [4.69, 9.17) is 23.9 Å². The summed E-state index contributed by atoms with van der Waals surface area (Å²) in [6, 6.07) is 21.1. The molecule has 2 aliphatic heterocycles. The Balaban J connectivity index is 1.36. The molecule has 48 heavy (non-hydrogen) atoms. The van der Waals surface area contributed by atoms with Gasteiger partial charge in [0, 0.05) is 18.8 Å². The molecule has 1 fully saturated rings. The van der Waals surface area contributed by atoms with Gasteiger partial charge in [0.15, 0.2) is 22.9 Å². The summed E-state index contributed by atoms with van der Waals surface area (Å²) in [6.45, 7) is 5.99. The summed E-state index contributed by atoms with van der Waals surface area (Å²) in [5, 5.41) is 2.96. The molecule has 248 valence electrons. The third kappa shape index (κ3) is 7.04. The summed E-state index contributed by atoms with van der Waals surface area (Å²) in [5.41, 5.74) is 2.62. The number of benzene rings is 3. The van der Waals surface area contributed by atoms with Crippen molar-refractivity contribution in [2.24, 2.45) is 4.99 Å². The Labute approximate surface area is 281 Å². The average molecular weight is 669 g/mol. The highest BCUT2D eigenvalue weighted by atomic mass is 32.1. The quantitative estimate of drug-likeness (QED) is 0.275. The number of para-hydroxylation sites is 1. The second-order valence-electron chi connectivity index (χ2n) is 11.1. The molecule has 6 rings (SSSR count). The van der Waals surface area contributed by atoms with Crippen molar-refractivity contribution in [3.8, 4) is 17.2 Å². The van der Waals surface area contributed by atoms with Gasteiger partial charge in [-0.25, -0.2) is 4.99 Å². The molecule has 1 atom stereocenters. The van der Waals surface area contributed by atoms with E-state index in [-0.39, 0.29) is 24.0 Å². The number of aromatic nitrogens is 1. The smallest absolute Gasteiger partial charge is 0.271 e. The summed E-state index contributed by atoms with van der Waals surface area (Å²) >= 11 is 1.24. The van der Waals surface area contributed by atoms with Gasteiger partial charge in [0.1, 0.15) is 5.75 Å². The van der Waals surface area contributed by atoms with Crippen molar-refractivity contribution in [2.75, 3.05) is 51.9 Å². The summed E-state index contributed by atoms with van der Waals surface area (Å²) < 4.78 is 24.5. The van der Waals surface area contributed by atoms with Crippen molar-refractivity contribution in [1.29, 1.82) is 0 Å². The maximum absolute atomic E-state index is 14.2. The van der Waals surface area contributed by atoms with Crippen LogP contribution in [-0.4, -0.2) is 67.9 Å². The SMILES string of the molecule is CCOc1cc(/C=c2/sc3n(c2=O)[C@@H](c2cccc(OC)c2)C(C(=O)Nc2ccccc2)=C(C)N=3)ccc1OCC(=O)N1CCOCC1. The largest absolute Gasteiger partial charge is 0.497 e. The number of anilines is 1. The topological polar surface area (TPSA) is 121 Å². The van der Waals surface area contributed by atoms with E-state index in [9.17, 15) is 14.4 Å². The van der Waals surface area contributed by atoms with Gasteiger partial charge in [0.25, 0.3) is 17.4 Å². The summed E-state index contributed by atoms with van der Waals surface area (Å²) in [6.07, 6.45) is 1.76. The minimum absolute atomic E-state index is 0.122. The molecule has 1 aromatic heterocycles. The van der Waals surface area contributed by atoms with Crippen molar-refractivity contribution >= 4 is 34.9 Å². The zero-order valence-electron chi connectivity index (χ0n) is 26.9. The standard InChI is InChI=1S/C36H36N4O7S/c1-4-46-29-19-24(13-14-28(29)47-22-31(41)39-15-17-45-18-16-39)20-30-35(43)40-33(25-9-8-12-27(21-25)44-3)32(23(2)37-36(40)48-30)34(42)38-26-10-6-5-7-11-26/h5-14,19-21,33H,4,15-18,22H2,1-3H3,(H,38,42)/b30-20+/t33-/m0/s1. The van der Waals surface area contributed by atoms with Crippen LogP contribution in [0.2, 0.25) is 0 Å². The van der Waals surface area contributed by atoms with Gasteiger partial charge in [-0.15, -0.1) is 0 Å². The van der Waals surface area contributed by atoms with Gasteiger partial charge in [-0.3, -0.25) is 19.0 Å². The van der Waals surface area contributed by atoms with Crippen LogP contribution in [0.25, 0.3) is 6.08 Å². The van der Waals surface area contributed by atoms with Crippen LogP contribution >= 0.6 is 11.3 Å². The lowest BCUT2D eigenvalue weighted by atomic mass is 9.95. The molecule has 1 saturated heterocycles. The summed E-state index contributed by atoms with van der Waals surface area (Å²) in [4.78, 5) is 47.6. The van der Waals surface area contributed by atoms with Crippen LogP contribution < -0.4 is 34.4 Å². The number of rotatable bonds is 10. The van der Waals surface area contributed by atoms with Gasteiger partial charge >= 0.3 is 0 Å². The lowest BCUT2D eigenvalue weighted by molar-refractivity contribution is -0.137. The van der Waals surface area contributed by atoms with Gasteiger partial charge < -0.3 is 29.2 Å². The van der Waals surface area contributed by atoms with E-state index in [1.165, 1.54) is 11.3 Å². The molecule has 0 saturated carbocycles. The first-order chi connectivity index (χ1) is 23.4. The van der Waals surface area contributed by atoms with Gasteiger partial charge in [-0.1, -0.05) is 47.7 Å². The molecule has 1 N–H and O–H groups in total. The van der Waals surface area contributed by atoms with Crippen molar-refractivity contribution < 1.29 is 28.5 Å². The maximum Gasteiger partial charge on any atom is 0.271 e. The van der Waals surface area contributed by atoms with E-state index in [1.54, 1.807) is 59.9 Å². The Hall–Kier alpha value is -5.20. The van der Waals surface area contributed by atoms with Gasteiger partial charge in [0.05, 0.1) is 48.8 Å². The van der Waals surface area contributed by atoms with Crippen LogP contribution in [0.3, 0.4) is 0 Å². The normalized spacial score (nSPS) is 16.2. The molecule has 0 aliphatic carbocycles. The Morgan fingerprint density at radius 1 is 1.02 bits per heavy atom. The van der Waals surface area contributed by atoms with Gasteiger partial charge in [0.2, 0.25) is 0 Å². The molecule has 3 heterocycles. The molecule has 0 radical (unpaired) electrons. The minimum Gasteiger partial charge on any atom is -0.497 e. The van der Waals surface area contributed by atoms with Gasteiger partial charge in [-0.2, -0.15) is 0 Å². The van der Waals surface area contributed by atoms with E-state index < -0.39 is 6.04 Å². The number of hydrogen-bond donors (Lipinski definition) is 1. The monoisotopic (exact) mass is 668 g/mol. The average Bonchev–Trinajstić information content (AvgIpc) is 3.41. The van der Waals surface area contributed by atoms with Crippen molar-refractivity contribution in [3.63, 3.8) is 0 Å². The summed E-state index contributed by atoms with van der Waals surface area (Å²) in [5.74, 6) is 1.01. The highest BCUT2D eigenvalue weighted by Gasteiger charge is 2.33. The lowest BCUT2D eigenvalue weighted by Gasteiger charge is -2.26. The maximum atomic E-state index is 14.2. The molecule has 12 heteroatoms. The molecule has 0 unspecified atom stereocenters. The number of fused-ring (bicyclic) bond motifs is 1. The van der Waals surface area contributed by atoms with Crippen molar-refractivity contribution in [1.82, 2.24) is 9.47 Å². The van der Waals surface area contributed by atoms with Crippen molar-refractivity contribution in [2.45, 2.75) is 19.9 Å². The number of carbonyl (C=O) groups is 2. The molecule has 2 aliphatic rings. The fourth-order valence-electron chi connectivity index (χ4n) is 5.66. The second-order valence-corrected chi connectivity index (χ2v) is 12.1. The molecule has 4 aromatic rings. The van der Waals surface area contributed by atoms with Crippen LogP contribution in [0, 0.1) is 0 Å². The van der Waals surface area contributed by atoms with E-state index >= 15 is 0 Å². The Morgan fingerprint density at radius 3 is 2.56 bits per heavy atom.